The summed E-state index contributed by atoms with van der Waals surface area (Å²) in [6.45, 7) is 4.79. The van der Waals surface area contributed by atoms with E-state index in [1.54, 1.807) is 0 Å². The van der Waals surface area contributed by atoms with Crippen LogP contribution in [0.1, 0.15) is 32.3 Å². The third-order valence-electron chi connectivity index (χ3n) is 4.75. The molecule has 5 heteroatoms. The summed E-state index contributed by atoms with van der Waals surface area (Å²) in [5.41, 5.74) is 8.10. The second-order valence-corrected chi connectivity index (χ2v) is 7.37. The van der Waals surface area contributed by atoms with E-state index in [2.05, 4.69) is 22.0 Å². The molecule has 23 heavy (non-hydrogen) atoms. The Morgan fingerprint density at radius 2 is 2.17 bits per heavy atom. The van der Waals surface area contributed by atoms with E-state index in [-0.39, 0.29) is 17.9 Å². The Morgan fingerprint density at radius 1 is 1.43 bits per heavy atom. The molecule has 1 aromatic heterocycles. The predicted octanol–water partition coefficient (Wildman–Crippen LogP) is 3.71. The van der Waals surface area contributed by atoms with Crippen molar-refractivity contribution in [3.8, 4) is 0 Å². The molecule has 0 bridgehead atoms. The number of fused-ring (bicyclic) bond motifs is 1. The third kappa shape index (κ3) is 3.17. The van der Waals surface area contributed by atoms with Crippen LogP contribution < -0.4 is 5.73 Å². The van der Waals surface area contributed by atoms with E-state index in [1.165, 1.54) is 0 Å². The van der Waals surface area contributed by atoms with E-state index < -0.39 is 6.04 Å². The van der Waals surface area contributed by atoms with Crippen LogP contribution in [-0.2, 0) is 11.2 Å². The highest BCUT2D eigenvalue weighted by Crippen LogP contribution is 2.33. The highest BCUT2D eigenvalue weighted by molar-refractivity contribution is 9.10. The van der Waals surface area contributed by atoms with Gasteiger partial charge < -0.3 is 15.1 Å². The lowest BCUT2D eigenvalue weighted by atomic mass is 10.0. The molecular formula is C18H23BrN2O2. The molecule has 1 aromatic carbocycles. The number of likely N-dealkylation sites (tertiary alicyclic amines) is 1. The highest BCUT2D eigenvalue weighted by atomic mass is 79.9. The van der Waals surface area contributed by atoms with Crippen molar-refractivity contribution in [2.45, 2.75) is 45.2 Å². The van der Waals surface area contributed by atoms with E-state index in [0.29, 0.717) is 0 Å². The number of hydrogen-bond donors (Lipinski definition) is 1. The summed E-state index contributed by atoms with van der Waals surface area (Å²) in [6, 6.07) is 7.80. The SMILES string of the molecule is CC(C)[C@H](N)C(=O)N1CCC[C@H]1Cc1c(Br)oc2ccccc12. The average molecular weight is 379 g/mol. The molecule has 2 N–H and O–H groups in total. The molecule has 1 aliphatic rings. The molecule has 1 saturated heterocycles. The zero-order valence-corrected chi connectivity index (χ0v) is 15.2. The van der Waals surface area contributed by atoms with E-state index in [4.69, 9.17) is 10.2 Å². The summed E-state index contributed by atoms with van der Waals surface area (Å²) in [5, 5.41) is 1.12. The van der Waals surface area contributed by atoms with E-state index >= 15 is 0 Å². The molecular weight excluding hydrogens is 356 g/mol. The number of carbonyl (C=O) groups is 1. The molecule has 1 aliphatic heterocycles. The zero-order valence-electron chi connectivity index (χ0n) is 13.6. The number of nitrogens with zero attached hydrogens (tertiary/aromatic N) is 1. The average Bonchev–Trinajstić information content (AvgIpc) is 3.11. The van der Waals surface area contributed by atoms with Gasteiger partial charge in [0, 0.05) is 23.5 Å². The topological polar surface area (TPSA) is 59.5 Å². The smallest absolute Gasteiger partial charge is 0.240 e. The molecule has 2 atom stereocenters. The van der Waals surface area contributed by atoms with Crippen molar-refractivity contribution in [1.29, 1.82) is 0 Å². The fraction of sp³-hybridized carbons (Fsp3) is 0.500. The van der Waals surface area contributed by atoms with Crippen LogP contribution in [0.4, 0.5) is 0 Å². The van der Waals surface area contributed by atoms with Crippen molar-refractivity contribution in [1.82, 2.24) is 4.90 Å². The summed E-state index contributed by atoms with van der Waals surface area (Å²) in [4.78, 5) is 14.6. The molecule has 124 valence electrons. The van der Waals surface area contributed by atoms with Crippen molar-refractivity contribution in [3.63, 3.8) is 0 Å². The number of nitrogens with two attached hydrogens (primary N) is 1. The first-order chi connectivity index (χ1) is 11.0. The fourth-order valence-corrected chi connectivity index (χ4v) is 3.86. The van der Waals surface area contributed by atoms with Gasteiger partial charge in [-0.05, 0) is 47.2 Å². The number of amides is 1. The predicted molar refractivity (Wildman–Crippen MR) is 95.2 cm³/mol. The number of halogens is 1. The lowest BCUT2D eigenvalue weighted by Gasteiger charge is -2.28. The maximum atomic E-state index is 12.6. The molecule has 2 heterocycles. The molecule has 0 unspecified atom stereocenters. The fourth-order valence-electron chi connectivity index (χ4n) is 3.31. The molecule has 0 aliphatic carbocycles. The lowest BCUT2D eigenvalue weighted by molar-refractivity contribution is -0.134. The monoisotopic (exact) mass is 378 g/mol. The normalized spacial score (nSPS) is 19.7. The van der Waals surface area contributed by atoms with Crippen molar-refractivity contribution >= 4 is 32.8 Å². The van der Waals surface area contributed by atoms with Crippen LogP contribution in [0.25, 0.3) is 11.0 Å². The molecule has 0 spiro atoms. The standard InChI is InChI=1S/C18H23BrN2O2/c1-11(2)16(20)18(22)21-9-5-6-12(21)10-14-13-7-3-4-8-15(13)23-17(14)19/h3-4,7-8,11-12,16H,5-6,9-10,20H2,1-2H3/t12-,16-/m0/s1. The Bertz CT molecular complexity index is 710. The first-order valence-corrected chi connectivity index (χ1v) is 9.00. The van der Waals surface area contributed by atoms with Gasteiger partial charge in [0.05, 0.1) is 6.04 Å². The number of rotatable bonds is 4. The largest absolute Gasteiger partial charge is 0.449 e. The van der Waals surface area contributed by atoms with Gasteiger partial charge in [-0.1, -0.05) is 32.0 Å². The van der Waals surface area contributed by atoms with Gasteiger partial charge in [0.25, 0.3) is 0 Å². The Labute approximate surface area is 145 Å². The minimum absolute atomic E-state index is 0.0754. The second-order valence-electron chi connectivity index (χ2n) is 6.65. The third-order valence-corrected chi connectivity index (χ3v) is 5.39. The van der Waals surface area contributed by atoms with E-state index in [1.807, 2.05) is 36.9 Å². The number of carbonyl (C=O) groups excluding carboxylic acids is 1. The van der Waals surface area contributed by atoms with Gasteiger partial charge in [-0.25, -0.2) is 0 Å². The summed E-state index contributed by atoms with van der Waals surface area (Å²) >= 11 is 3.53. The van der Waals surface area contributed by atoms with Crippen LogP contribution in [0.15, 0.2) is 33.4 Å². The van der Waals surface area contributed by atoms with Gasteiger partial charge in [0.15, 0.2) is 4.67 Å². The Balaban J connectivity index is 1.83. The summed E-state index contributed by atoms with van der Waals surface area (Å²) in [5.74, 6) is 0.233. The Kier molecular flexibility index (Phi) is 4.78. The van der Waals surface area contributed by atoms with Gasteiger partial charge in [-0.3, -0.25) is 4.79 Å². The van der Waals surface area contributed by atoms with Crippen LogP contribution in [0, 0.1) is 5.92 Å². The Morgan fingerprint density at radius 3 is 2.91 bits per heavy atom. The van der Waals surface area contributed by atoms with Crippen molar-refractivity contribution in [2.75, 3.05) is 6.54 Å². The number of hydrogen-bond acceptors (Lipinski definition) is 3. The van der Waals surface area contributed by atoms with Crippen LogP contribution in [-0.4, -0.2) is 29.4 Å². The number of benzene rings is 1. The number of para-hydroxylation sites is 1. The van der Waals surface area contributed by atoms with Crippen molar-refractivity contribution < 1.29 is 9.21 Å². The first kappa shape index (κ1) is 16.5. The summed E-state index contributed by atoms with van der Waals surface area (Å²) in [7, 11) is 0. The van der Waals surface area contributed by atoms with Crippen LogP contribution in [0.2, 0.25) is 0 Å². The highest BCUT2D eigenvalue weighted by Gasteiger charge is 2.33. The maximum Gasteiger partial charge on any atom is 0.240 e. The van der Waals surface area contributed by atoms with E-state index in [0.717, 1.165) is 47.0 Å². The van der Waals surface area contributed by atoms with E-state index in [9.17, 15) is 4.79 Å². The van der Waals surface area contributed by atoms with Crippen molar-refractivity contribution in [2.24, 2.45) is 11.7 Å². The Hall–Kier alpha value is -1.33. The second kappa shape index (κ2) is 6.65. The zero-order chi connectivity index (χ0) is 16.6. The first-order valence-electron chi connectivity index (χ1n) is 8.21. The lowest BCUT2D eigenvalue weighted by Crippen LogP contribution is -2.48. The minimum Gasteiger partial charge on any atom is -0.449 e. The minimum atomic E-state index is -0.417. The number of furan rings is 1. The molecule has 4 nitrogen and oxygen atoms in total. The van der Waals surface area contributed by atoms with Crippen LogP contribution in [0.3, 0.4) is 0 Å². The van der Waals surface area contributed by atoms with Crippen LogP contribution in [0.5, 0.6) is 0 Å². The molecule has 0 saturated carbocycles. The van der Waals surface area contributed by atoms with Gasteiger partial charge in [0.1, 0.15) is 5.58 Å². The summed E-state index contributed by atoms with van der Waals surface area (Å²) in [6.07, 6.45) is 2.85. The van der Waals surface area contributed by atoms with Gasteiger partial charge >= 0.3 is 0 Å². The van der Waals surface area contributed by atoms with Crippen molar-refractivity contribution in [3.05, 3.63) is 34.5 Å². The van der Waals surface area contributed by atoms with Gasteiger partial charge in [-0.2, -0.15) is 0 Å². The van der Waals surface area contributed by atoms with Crippen LogP contribution >= 0.6 is 15.9 Å². The van der Waals surface area contributed by atoms with Gasteiger partial charge in [-0.15, -0.1) is 0 Å². The molecule has 0 radical (unpaired) electrons. The molecule has 1 amide bonds. The van der Waals surface area contributed by atoms with Gasteiger partial charge in [0.2, 0.25) is 5.91 Å². The maximum absolute atomic E-state index is 12.6. The molecule has 1 fully saturated rings. The summed E-state index contributed by atoms with van der Waals surface area (Å²) < 4.78 is 6.55. The molecule has 3 rings (SSSR count). The quantitative estimate of drug-likeness (QED) is 0.881. The molecule has 2 aromatic rings.